The maximum atomic E-state index is 13.0. The number of hydrogen-bond acceptors (Lipinski definition) is 6. The van der Waals surface area contributed by atoms with Crippen LogP contribution < -0.4 is 15.0 Å². The summed E-state index contributed by atoms with van der Waals surface area (Å²) >= 11 is 0. The Labute approximate surface area is 174 Å². The topological polar surface area (TPSA) is 103 Å². The van der Waals surface area contributed by atoms with Gasteiger partial charge < -0.3 is 14.7 Å². The number of aromatic amines is 1. The first-order valence-corrected chi connectivity index (χ1v) is 9.89. The molecule has 3 N–H and O–H groups in total. The highest BCUT2D eigenvalue weighted by Crippen LogP contribution is 2.30. The molecule has 0 fully saturated rings. The van der Waals surface area contributed by atoms with Gasteiger partial charge in [-0.1, -0.05) is 36.4 Å². The Hall–Kier alpha value is -3.23. The number of rotatable bonds is 6. The predicted octanol–water partition coefficient (Wildman–Crippen LogP) is 1.96. The summed E-state index contributed by atoms with van der Waals surface area (Å²) in [5.41, 5.74) is 2.98. The zero-order valence-electron chi connectivity index (χ0n) is 17.0. The summed E-state index contributed by atoms with van der Waals surface area (Å²) in [4.78, 5) is 19.0. The normalized spacial score (nSPS) is 17.4. The number of methoxy groups -OCH3 is 1. The first kappa shape index (κ1) is 20.1. The fourth-order valence-electron chi connectivity index (χ4n) is 3.69. The maximum absolute atomic E-state index is 13.0. The molecule has 2 aromatic carbocycles. The highest BCUT2D eigenvalue weighted by atomic mass is 16.5. The van der Waals surface area contributed by atoms with Gasteiger partial charge in [-0.3, -0.25) is 15.2 Å². The van der Waals surface area contributed by atoms with Crippen LogP contribution in [0, 0.1) is 0 Å². The van der Waals surface area contributed by atoms with E-state index in [1.54, 1.807) is 19.1 Å². The zero-order chi connectivity index (χ0) is 21.1. The van der Waals surface area contributed by atoms with Gasteiger partial charge in [0, 0.05) is 19.5 Å². The zero-order valence-corrected chi connectivity index (χ0v) is 17.0. The first-order chi connectivity index (χ1) is 14.5. The highest BCUT2D eigenvalue weighted by molar-refractivity contribution is 5.98. The Balaban J connectivity index is 1.45. The average molecular weight is 407 g/mol. The number of anilines is 1. The molecule has 2 atom stereocenters. The molecule has 0 saturated heterocycles. The van der Waals surface area contributed by atoms with Crippen molar-refractivity contribution in [3.63, 3.8) is 0 Å². The summed E-state index contributed by atoms with van der Waals surface area (Å²) in [6.45, 7) is 0. The molecule has 0 spiro atoms. The molecule has 3 aromatic rings. The Morgan fingerprint density at radius 1 is 1.30 bits per heavy atom. The number of aryl methyl sites for hydroxylation is 1. The number of aliphatic hydroxyl groups excluding tert-OH is 1. The minimum absolute atomic E-state index is 0.124. The van der Waals surface area contributed by atoms with Crippen molar-refractivity contribution in [1.29, 1.82) is 0 Å². The fourth-order valence-corrected chi connectivity index (χ4v) is 3.69. The fraction of sp³-hybridized carbons (Fsp3) is 0.318. The number of benzene rings is 2. The largest absolute Gasteiger partial charge is 0.497 e. The molecule has 1 aliphatic rings. The van der Waals surface area contributed by atoms with Crippen LogP contribution in [-0.4, -0.2) is 46.4 Å². The number of carbonyl (C=O) groups is 1. The molecule has 156 valence electrons. The van der Waals surface area contributed by atoms with Crippen molar-refractivity contribution in [3.05, 3.63) is 71.3 Å². The van der Waals surface area contributed by atoms with Crippen molar-refractivity contribution in [2.45, 2.75) is 31.5 Å². The molecule has 8 nitrogen and oxygen atoms in total. The third kappa shape index (κ3) is 4.19. The number of aromatic nitrogens is 3. The van der Waals surface area contributed by atoms with Crippen molar-refractivity contribution in [2.24, 2.45) is 0 Å². The van der Waals surface area contributed by atoms with Gasteiger partial charge in [-0.05, 0) is 30.0 Å². The molecule has 2 heterocycles. The number of amides is 1. The van der Waals surface area contributed by atoms with Gasteiger partial charge in [0.25, 0.3) is 0 Å². The second kappa shape index (κ2) is 8.64. The maximum Gasteiger partial charge on any atom is 0.243 e. The summed E-state index contributed by atoms with van der Waals surface area (Å²) < 4.78 is 5.29. The van der Waals surface area contributed by atoms with Crippen molar-refractivity contribution in [1.82, 2.24) is 20.5 Å². The predicted molar refractivity (Wildman–Crippen MR) is 112 cm³/mol. The van der Waals surface area contributed by atoms with Gasteiger partial charge in [-0.25, -0.2) is 4.98 Å². The summed E-state index contributed by atoms with van der Waals surface area (Å²) in [5.74, 6) is 1.45. The quantitative estimate of drug-likeness (QED) is 0.540. The molecule has 0 bridgehead atoms. The Morgan fingerprint density at radius 2 is 2.10 bits per heavy atom. The number of carbonyl (C=O) groups excluding carboxylic acids is 1. The lowest BCUT2D eigenvalue weighted by atomic mass is 10.1. The summed E-state index contributed by atoms with van der Waals surface area (Å²) in [6.07, 6.45) is 0.695. The van der Waals surface area contributed by atoms with Crippen LogP contribution in [-0.2, 0) is 17.6 Å². The van der Waals surface area contributed by atoms with E-state index in [1.165, 1.54) is 0 Å². The van der Waals surface area contributed by atoms with Crippen LogP contribution in [0.3, 0.4) is 0 Å². The molecular weight excluding hydrogens is 382 g/mol. The van der Waals surface area contributed by atoms with Gasteiger partial charge in [0.05, 0.1) is 18.8 Å². The van der Waals surface area contributed by atoms with Gasteiger partial charge in [0.2, 0.25) is 5.91 Å². The van der Waals surface area contributed by atoms with Crippen LogP contribution in [0.5, 0.6) is 5.75 Å². The number of H-pyrrole nitrogens is 1. The molecule has 30 heavy (non-hydrogen) atoms. The third-order valence-corrected chi connectivity index (χ3v) is 5.35. The van der Waals surface area contributed by atoms with Crippen LogP contribution in [0.25, 0.3) is 0 Å². The summed E-state index contributed by atoms with van der Waals surface area (Å²) in [7, 11) is 3.33. The summed E-state index contributed by atoms with van der Waals surface area (Å²) in [5, 5.41) is 20.6. The second-order valence-electron chi connectivity index (χ2n) is 7.36. The van der Waals surface area contributed by atoms with Crippen LogP contribution in [0.4, 0.5) is 5.69 Å². The van der Waals surface area contributed by atoms with Crippen LogP contribution >= 0.6 is 0 Å². The van der Waals surface area contributed by atoms with Crippen LogP contribution in [0.2, 0.25) is 0 Å². The SMILES string of the molecule is COc1ccc2c(c1)N(C)C(=O)[C@H](NC(O)c1n[nH]c(Cc3ccccc3)n1)CC2. The minimum atomic E-state index is -1.15. The van der Waals surface area contributed by atoms with Crippen molar-refractivity contribution < 1.29 is 14.6 Å². The summed E-state index contributed by atoms with van der Waals surface area (Å²) in [6, 6.07) is 15.1. The third-order valence-electron chi connectivity index (χ3n) is 5.35. The minimum Gasteiger partial charge on any atom is -0.497 e. The van der Waals surface area contributed by atoms with Gasteiger partial charge in [0.1, 0.15) is 11.6 Å². The molecule has 1 unspecified atom stereocenters. The number of likely N-dealkylation sites (N-methyl/N-ethyl adjacent to an activating group) is 1. The molecule has 1 amide bonds. The molecule has 4 rings (SSSR count). The number of nitrogens with zero attached hydrogens (tertiary/aromatic N) is 3. The van der Waals surface area contributed by atoms with E-state index in [1.807, 2.05) is 48.5 Å². The second-order valence-corrected chi connectivity index (χ2v) is 7.36. The van der Waals surface area contributed by atoms with Gasteiger partial charge in [-0.15, -0.1) is 0 Å². The average Bonchev–Trinajstić information content (AvgIpc) is 3.20. The standard InChI is InChI=1S/C22H25N5O3/c1-27-18-13-16(30-2)10-8-15(18)9-11-17(22(27)29)23-21(28)20-24-19(25-26-20)12-14-6-4-3-5-7-14/h3-8,10,13,17,21,23,28H,9,11-12H2,1-2H3,(H,24,25,26)/t17-,21?/m1/s1. The van der Waals surface area contributed by atoms with Crippen molar-refractivity contribution >= 4 is 11.6 Å². The van der Waals surface area contributed by atoms with Gasteiger partial charge in [-0.2, -0.15) is 5.10 Å². The van der Waals surface area contributed by atoms with Crippen LogP contribution in [0.15, 0.2) is 48.5 Å². The molecule has 0 radical (unpaired) electrons. The van der Waals surface area contributed by atoms with E-state index in [-0.39, 0.29) is 11.7 Å². The Kier molecular flexibility index (Phi) is 5.78. The first-order valence-electron chi connectivity index (χ1n) is 9.89. The van der Waals surface area contributed by atoms with E-state index >= 15 is 0 Å². The molecule has 0 aliphatic carbocycles. The lowest BCUT2D eigenvalue weighted by molar-refractivity contribution is -0.121. The molecule has 1 aliphatic heterocycles. The highest BCUT2D eigenvalue weighted by Gasteiger charge is 2.30. The number of nitrogens with one attached hydrogen (secondary N) is 2. The lowest BCUT2D eigenvalue weighted by Crippen LogP contribution is -2.45. The molecule has 1 aromatic heterocycles. The van der Waals surface area contributed by atoms with E-state index < -0.39 is 12.3 Å². The van der Waals surface area contributed by atoms with E-state index in [0.717, 1.165) is 16.8 Å². The van der Waals surface area contributed by atoms with Gasteiger partial charge in [0.15, 0.2) is 12.1 Å². The number of ether oxygens (including phenoxy) is 1. The van der Waals surface area contributed by atoms with E-state index in [4.69, 9.17) is 4.74 Å². The van der Waals surface area contributed by atoms with Gasteiger partial charge >= 0.3 is 0 Å². The molecular formula is C22H25N5O3. The van der Waals surface area contributed by atoms with Crippen molar-refractivity contribution in [3.8, 4) is 5.75 Å². The number of aliphatic hydroxyl groups is 1. The van der Waals surface area contributed by atoms with E-state index in [2.05, 4.69) is 20.5 Å². The smallest absolute Gasteiger partial charge is 0.243 e. The van der Waals surface area contributed by atoms with Crippen molar-refractivity contribution in [2.75, 3.05) is 19.1 Å². The number of fused-ring (bicyclic) bond motifs is 1. The molecule has 0 saturated carbocycles. The van der Waals surface area contributed by atoms with E-state index in [0.29, 0.717) is 30.8 Å². The Morgan fingerprint density at radius 3 is 2.87 bits per heavy atom. The van der Waals surface area contributed by atoms with E-state index in [9.17, 15) is 9.90 Å². The monoisotopic (exact) mass is 407 g/mol. The lowest BCUT2D eigenvalue weighted by Gasteiger charge is -2.23. The number of hydrogen-bond donors (Lipinski definition) is 3. The Bertz CT molecular complexity index is 1020. The molecule has 8 heteroatoms. The van der Waals surface area contributed by atoms with Crippen LogP contribution in [0.1, 0.15) is 35.4 Å².